The first kappa shape index (κ1) is 22.4. The molecule has 0 aliphatic heterocycles. The van der Waals surface area contributed by atoms with Crippen LogP contribution in [-0.4, -0.2) is 33.5 Å². The lowest BCUT2D eigenvalue weighted by Crippen LogP contribution is -2.15. The Balaban J connectivity index is 1.54. The largest absolute Gasteiger partial charge is 0.495 e. The lowest BCUT2D eigenvalue weighted by Gasteiger charge is -2.12. The van der Waals surface area contributed by atoms with Gasteiger partial charge in [0.1, 0.15) is 11.6 Å². The van der Waals surface area contributed by atoms with Crippen LogP contribution in [-0.2, 0) is 11.2 Å². The highest BCUT2D eigenvalue weighted by molar-refractivity contribution is 7.99. The fourth-order valence-corrected chi connectivity index (χ4v) is 4.76. The maximum atomic E-state index is 12.7. The molecule has 0 atom stereocenters. The minimum absolute atomic E-state index is 0.149. The number of nitrogens with zero attached hydrogens (tertiary/aromatic N) is 3. The van der Waals surface area contributed by atoms with E-state index in [0.29, 0.717) is 28.0 Å². The SMILES string of the molecule is COc1ccc(C)cc1NC(=O)CSc1nnc(Cc2cccs2)n1-c1ccc(Cl)cc1. The van der Waals surface area contributed by atoms with E-state index in [4.69, 9.17) is 16.3 Å². The summed E-state index contributed by atoms with van der Waals surface area (Å²) in [6.07, 6.45) is 0.653. The number of hydrogen-bond acceptors (Lipinski definition) is 6. The standard InChI is InChI=1S/C23H21ClN4O2S2/c1-15-5-10-20(30-2)19(12-15)25-22(29)14-32-23-27-26-21(13-18-4-3-11-31-18)28(23)17-8-6-16(24)7-9-17/h3-12H,13-14H2,1-2H3,(H,25,29). The number of thiophene rings is 1. The number of carbonyl (C=O) groups is 1. The second-order valence-electron chi connectivity index (χ2n) is 7.01. The van der Waals surface area contributed by atoms with Crippen LogP contribution in [0, 0.1) is 6.92 Å². The van der Waals surface area contributed by atoms with Crippen LogP contribution >= 0.6 is 34.7 Å². The minimum Gasteiger partial charge on any atom is -0.495 e. The number of benzene rings is 2. The predicted molar refractivity (Wildman–Crippen MR) is 131 cm³/mol. The van der Waals surface area contributed by atoms with Gasteiger partial charge in [0, 0.05) is 22.0 Å². The van der Waals surface area contributed by atoms with Gasteiger partial charge in [-0.1, -0.05) is 35.5 Å². The number of ether oxygens (including phenoxy) is 1. The molecule has 2 aromatic heterocycles. The monoisotopic (exact) mass is 484 g/mol. The van der Waals surface area contributed by atoms with Gasteiger partial charge in [-0.3, -0.25) is 9.36 Å². The van der Waals surface area contributed by atoms with Crippen LogP contribution in [0.3, 0.4) is 0 Å². The number of halogens is 1. The third kappa shape index (κ3) is 5.32. The molecule has 4 rings (SSSR count). The van der Waals surface area contributed by atoms with E-state index in [2.05, 4.69) is 21.6 Å². The summed E-state index contributed by atoms with van der Waals surface area (Å²) in [5.41, 5.74) is 2.58. The highest BCUT2D eigenvalue weighted by Gasteiger charge is 2.17. The Labute approximate surface area is 199 Å². The quantitative estimate of drug-likeness (QED) is 0.329. The molecule has 0 radical (unpaired) electrons. The van der Waals surface area contributed by atoms with E-state index in [1.807, 2.05) is 65.4 Å². The summed E-state index contributed by atoms with van der Waals surface area (Å²) in [7, 11) is 1.58. The predicted octanol–water partition coefficient (Wildman–Crippen LogP) is 5.62. The number of carbonyl (C=O) groups excluding carboxylic acids is 1. The van der Waals surface area contributed by atoms with Crippen molar-refractivity contribution in [3.8, 4) is 11.4 Å². The molecule has 1 N–H and O–H groups in total. The summed E-state index contributed by atoms with van der Waals surface area (Å²) in [5.74, 6) is 1.46. The number of aryl methyl sites for hydroxylation is 1. The van der Waals surface area contributed by atoms with Gasteiger partial charge < -0.3 is 10.1 Å². The second-order valence-corrected chi connectivity index (χ2v) is 9.42. The van der Waals surface area contributed by atoms with Gasteiger partial charge in [-0.2, -0.15) is 0 Å². The summed E-state index contributed by atoms with van der Waals surface area (Å²) in [6.45, 7) is 1.97. The molecule has 1 amide bonds. The van der Waals surface area contributed by atoms with Crippen molar-refractivity contribution in [1.82, 2.24) is 14.8 Å². The third-order valence-electron chi connectivity index (χ3n) is 4.66. The Morgan fingerprint density at radius 3 is 2.72 bits per heavy atom. The molecule has 0 unspecified atom stereocenters. The van der Waals surface area contributed by atoms with E-state index in [1.165, 1.54) is 16.6 Å². The molecule has 4 aromatic rings. The zero-order valence-electron chi connectivity index (χ0n) is 17.5. The molecule has 0 aliphatic carbocycles. The van der Waals surface area contributed by atoms with Gasteiger partial charge in [0.15, 0.2) is 5.16 Å². The van der Waals surface area contributed by atoms with Crippen molar-refractivity contribution in [1.29, 1.82) is 0 Å². The number of anilines is 1. The Hall–Kier alpha value is -2.81. The van der Waals surface area contributed by atoms with Crippen LogP contribution in [0.4, 0.5) is 5.69 Å². The van der Waals surface area contributed by atoms with Gasteiger partial charge >= 0.3 is 0 Å². The maximum absolute atomic E-state index is 12.7. The first-order valence-electron chi connectivity index (χ1n) is 9.83. The van der Waals surface area contributed by atoms with Crippen molar-refractivity contribution < 1.29 is 9.53 Å². The molecular formula is C23H21ClN4O2S2. The highest BCUT2D eigenvalue weighted by atomic mass is 35.5. The summed E-state index contributed by atoms with van der Waals surface area (Å²) >= 11 is 9.08. The molecule has 0 saturated carbocycles. The number of aromatic nitrogens is 3. The van der Waals surface area contributed by atoms with Crippen molar-refractivity contribution in [3.05, 3.63) is 81.3 Å². The summed E-state index contributed by atoms with van der Waals surface area (Å²) in [4.78, 5) is 13.8. The van der Waals surface area contributed by atoms with Crippen molar-refractivity contribution in [2.45, 2.75) is 18.5 Å². The van der Waals surface area contributed by atoms with Gasteiger partial charge in [-0.05, 0) is 60.3 Å². The average molecular weight is 485 g/mol. The first-order valence-corrected chi connectivity index (χ1v) is 12.1. The average Bonchev–Trinajstić information content (AvgIpc) is 3.43. The third-order valence-corrected chi connectivity index (χ3v) is 6.72. The van der Waals surface area contributed by atoms with Crippen molar-refractivity contribution in [3.63, 3.8) is 0 Å². The van der Waals surface area contributed by atoms with E-state index in [0.717, 1.165) is 17.1 Å². The Kier molecular flexibility index (Phi) is 7.14. The van der Waals surface area contributed by atoms with Crippen LogP contribution in [0.25, 0.3) is 5.69 Å². The number of nitrogens with one attached hydrogen (secondary N) is 1. The minimum atomic E-state index is -0.149. The maximum Gasteiger partial charge on any atom is 0.234 e. The molecular weight excluding hydrogens is 464 g/mol. The molecule has 32 heavy (non-hydrogen) atoms. The summed E-state index contributed by atoms with van der Waals surface area (Å²) in [5, 5.41) is 15.0. The Bertz CT molecular complexity index is 1210. The normalized spacial score (nSPS) is 10.8. The fraction of sp³-hybridized carbons (Fsp3) is 0.174. The van der Waals surface area contributed by atoms with Gasteiger partial charge in [-0.15, -0.1) is 21.5 Å². The van der Waals surface area contributed by atoms with Crippen LogP contribution < -0.4 is 10.1 Å². The molecule has 2 heterocycles. The molecule has 0 aliphatic rings. The number of thioether (sulfide) groups is 1. The van der Waals surface area contributed by atoms with Crippen LogP contribution in [0.2, 0.25) is 5.02 Å². The summed E-state index contributed by atoms with van der Waals surface area (Å²) < 4.78 is 7.32. The van der Waals surface area contributed by atoms with E-state index < -0.39 is 0 Å². The number of rotatable bonds is 8. The van der Waals surface area contributed by atoms with Crippen LogP contribution in [0.15, 0.2) is 65.1 Å². The number of amides is 1. The van der Waals surface area contributed by atoms with E-state index in [1.54, 1.807) is 18.4 Å². The Morgan fingerprint density at radius 1 is 1.19 bits per heavy atom. The van der Waals surface area contributed by atoms with Gasteiger partial charge in [0.2, 0.25) is 5.91 Å². The molecule has 0 bridgehead atoms. The molecule has 0 spiro atoms. The van der Waals surface area contributed by atoms with E-state index in [9.17, 15) is 4.79 Å². The van der Waals surface area contributed by atoms with Crippen LogP contribution in [0.1, 0.15) is 16.3 Å². The molecule has 0 fully saturated rings. The van der Waals surface area contributed by atoms with E-state index >= 15 is 0 Å². The topological polar surface area (TPSA) is 69.0 Å². The lowest BCUT2D eigenvalue weighted by atomic mass is 10.2. The molecule has 164 valence electrons. The van der Waals surface area contributed by atoms with Crippen molar-refractivity contribution >= 4 is 46.3 Å². The number of methoxy groups -OCH3 is 1. The zero-order valence-corrected chi connectivity index (χ0v) is 19.9. The highest BCUT2D eigenvalue weighted by Crippen LogP contribution is 2.28. The summed E-state index contributed by atoms with van der Waals surface area (Å²) in [6, 6.07) is 17.3. The first-order chi connectivity index (χ1) is 15.5. The van der Waals surface area contributed by atoms with Gasteiger partial charge in [0.05, 0.1) is 18.6 Å². The van der Waals surface area contributed by atoms with Crippen molar-refractivity contribution in [2.75, 3.05) is 18.2 Å². The van der Waals surface area contributed by atoms with Crippen LogP contribution in [0.5, 0.6) is 5.75 Å². The zero-order chi connectivity index (χ0) is 22.5. The smallest absolute Gasteiger partial charge is 0.234 e. The van der Waals surface area contributed by atoms with Crippen molar-refractivity contribution in [2.24, 2.45) is 0 Å². The fourth-order valence-electron chi connectivity index (χ4n) is 3.16. The van der Waals surface area contributed by atoms with Gasteiger partial charge in [-0.25, -0.2) is 0 Å². The van der Waals surface area contributed by atoms with E-state index in [-0.39, 0.29) is 11.7 Å². The lowest BCUT2D eigenvalue weighted by molar-refractivity contribution is -0.113. The Morgan fingerprint density at radius 2 is 2.00 bits per heavy atom. The molecule has 0 saturated heterocycles. The molecule has 2 aromatic carbocycles. The molecule has 9 heteroatoms. The van der Waals surface area contributed by atoms with Gasteiger partial charge in [0.25, 0.3) is 0 Å². The second kappa shape index (κ2) is 10.2. The molecule has 6 nitrogen and oxygen atoms in total. The number of hydrogen-bond donors (Lipinski definition) is 1.